The molecular formula is C21H24FNO2. The van der Waals surface area contributed by atoms with Crippen LogP contribution in [0.15, 0.2) is 36.4 Å². The first-order chi connectivity index (χ1) is 11.8. The number of halogens is 1. The second-order valence-electron chi connectivity index (χ2n) is 7.44. The molecule has 0 unspecified atom stereocenters. The molecule has 0 radical (unpaired) electrons. The van der Waals surface area contributed by atoms with Gasteiger partial charge in [-0.3, -0.25) is 0 Å². The van der Waals surface area contributed by atoms with E-state index >= 15 is 0 Å². The summed E-state index contributed by atoms with van der Waals surface area (Å²) in [5, 5.41) is 11.9. The summed E-state index contributed by atoms with van der Waals surface area (Å²) in [7, 11) is 0. The van der Waals surface area contributed by atoms with Crippen LogP contribution in [0.1, 0.15) is 49.9 Å². The van der Waals surface area contributed by atoms with Crippen molar-refractivity contribution in [2.75, 3.05) is 0 Å². The molecule has 1 aliphatic rings. The Labute approximate surface area is 147 Å². The first kappa shape index (κ1) is 17.5. The number of nitrogens with one attached hydrogen (secondary N) is 1. The van der Waals surface area contributed by atoms with Crippen molar-refractivity contribution in [3.05, 3.63) is 58.9 Å². The van der Waals surface area contributed by atoms with Gasteiger partial charge in [-0.1, -0.05) is 51.1 Å². The molecule has 1 atom stereocenters. The maximum atomic E-state index is 14.1. The first-order valence-corrected chi connectivity index (χ1v) is 8.73. The molecule has 4 heteroatoms. The third-order valence-corrected chi connectivity index (χ3v) is 5.31. The van der Waals surface area contributed by atoms with Crippen LogP contribution in [0.4, 0.5) is 9.18 Å². The van der Waals surface area contributed by atoms with Crippen LogP contribution < -0.4 is 5.32 Å². The molecule has 132 valence electrons. The molecule has 0 aromatic heterocycles. The van der Waals surface area contributed by atoms with E-state index in [1.54, 1.807) is 6.07 Å². The lowest BCUT2D eigenvalue weighted by atomic mass is 9.70. The van der Waals surface area contributed by atoms with Gasteiger partial charge in [-0.05, 0) is 58.6 Å². The number of hydrogen-bond acceptors (Lipinski definition) is 1. The van der Waals surface area contributed by atoms with Crippen molar-refractivity contribution in [1.29, 1.82) is 0 Å². The highest BCUT2D eigenvalue weighted by Gasteiger charge is 2.37. The standard InChI is InChI=1S/C21H24FNO2/c1-4-13-5-6-15(12-18(13)22)14-7-8-17-16(11-14)9-10-21(2,3)19(17)23-20(24)25/h5-8,11-12,19,23H,4,9-10H2,1-3H3,(H,24,25)/t19-/m0/s1. The predicted octanol–water partition coefficient (Wildman–Crippen LogP) is 5.34. The van der Waals surface area contributed by atoms with Crippen LogP contribution >= 0.6 is 0 Å². The molecule has 25 heavy (non-hydrogen) atoms. The van der Waals surface area contributed by atoms with E-state index in [-0.39, 0.29) is 17.3 Å². The van der Waals surface area contributed by atoms with Gasteiger partial charge in [0.25, 0.3) is 0 Å². The Balaban J connectivity index is 2.00. The van der Waals surface area contributed by atoms with E-state index in [2.05, 4.69) is 25.2 Å². The van der Waals surface area contributed by atoms with Crippen molar-refractivity contribution in [1.82, 2.24) is 5.32 Å². The Hall–Kier alpha value is -2.36. The van der Waals surface area contributed by atoms with Gasteiger partial charge in [0, 0.05) is 0 Å². The fourth-order valence-electron chi connectivity index (χ4n) is 3.72. The molecule has 0 saturated heterocycles. The van der Waals surface area contributed by atoms with E-state index in [4.69, 9.17) is 0 Å². The van der Waals surface area contributed by atoms with Crippen LogP contribution in [0.5, 0.6) is 0 Å². The smallest absolute Gasteiger partial charge is 0.405 e. The van der Waals surface area contributed by atoms with Crippen molar-refractivity contribution >= 4 is 6.09 Å². The minimum absolute atomic E-state index is 0.137. The van der Waals surface area contributed by atoms with Gasteiger partial charge in [-0.25, -0.2) is 9.18 Å². The molecule has 0 bridgehead atoms. The topological polar surface area (TPSA) is 49.3 Å². The number of aryl methyl sites for hydroxylation is 2. The molecule has 1 amide bonds. The normalized spacial score (nSPS) is 18.5. The largest absolute Gasteiger partial charge is 0.465 e. The lowest BCUT2D eigenvalue weighted by Crippen LogP contribution is -2.40. The van der Waals surface area contributed by atoms with Gasteiger partial charge >= 0.3 is 6.09 Å². The van der Waals surface area contributed by atoms with E-state index in [1.807, 2.05) is 31.2 Å². The molecule has 2 N–H and O–H groups in total. The van der Waals surface area contributed by atoms with Gasteiger partial charge < -0.3 is 10.4 Å². The third kappa shape index (κ3) is 3.39. The summed E-state index contributed by atoms with van der Waals surface area (Å²) in [5.74, 6) is -0.177. The Kier molecular flexibility index (Phi) is 4.55. The summed E-state index contributed by atoms with van der Waals surface area (Å²) in [6.45, 7) is 6.11. The Morgan fingerprint density at radius 3 is 2.56 bits per heavy atom. The monoisotopic (exact) mass is 341 g/mol. The number of rotatable bonds is 3. The fraction of sp³-hybridized carbons (Fsp3) is 0.381. The average molecular weight is 341 g/mol. The number of hydrogen-bond donors (Lipinski definition) is 2. The van der Waals surface area contributed by atoms with Gasteiger partial charge in [-0.15, -0.1) is 0 Å². The van der Waals surface area contributed by atoms with E-state index < -0.39 is 6.09 Å². The third-order valence-electron chi connectivity index (χ3n) is 5.31. The van der Waals surface area contributed by atoms with E-state index in [0.717, 1.165) is 35.1 Å². The highest BCUT2D eigenvalue weighted by Crippen LogP contribution is 2.44. The molecule has 0 fully saturated rings. The van der Waals surface area contributed by atoms with Gasteiger partial charge in [0.2, 0.25) is 0 Å². The van der Waals surface area contributed by atoms with Crippen molar-refractivity contribution in [2.24, 2.45) is 5.41 Å². The molecule has 1 aliphatic carbocycles. The van der Waals surface area contributed by atoms with Gasteiger partial charge in [0.15, 0.2) is 0 Å². The zero-order valence-corrected chi connectivity index (χ0v) is 14.9. The van der Waals surface area contributed by atoms with Crippen LogP contribution in [0.3, 0.4) is 0 Å². The summed E-state index contributed by atoms with van der Waals surface area (Å²) >= 11 is 0. The van der Waals surface area contributed by atoms with Crippen molar-refractivity contribution in [3.8, 4) is 11.1 Å². The molecule has 0 heterocycles. The van der Waals surface area contributed by atoms with Gasteiger partial charge in [-0.2, -0.15) is 0 Å². The molecule has 2 aromatic rings. The van der Waals surface area contributed by atoms with Crippen LogP contribution in [-0.4, -0.2) is 11.2 Å². The zero-order chi connectivity index (χ0) is 18.2. The van der Waals surface area contributed by atoms with Gasteiger partial charge in [0.1, 0.15) is 5.82 Å². The second kappa shape index (κ2) is 6.51. The molecular weight excluding hydrogens is 317 g/mol. The van der Waals surface area contributed by atoms with E-state index in [9.17, 15) is 14.3 Å². The Bertz CT molecular complexity index is 814. The molecule has 3 nitrogen and oxygen atoms in total. The minimum atomic E-state index is -1.01. The van der Waals surface area contributed by atoms with Crippen LogP contribution in [-0.2, 0) is 12.8 Å². The number of fused-ring (bicyclic) bond motifs is 1. The highest BCUT2D eigenvalue weighted by atomic mass is 19.1. The Morgan fingerprint density at radius 2 is 1.92 bits per heavy atom. The lowest BCUT2D eigenvalue weighted by molar-refractivity contribution is 0.161. The number of carbonyl (C=O) groups is 1. The van der Waals surface area contributed by atoms with E-state index in [1.165, 1.54) is 0 Å². The molecule has 2 aromatic carbocycles. The fourth-order valence-corrected chi connectivity index (χ4v) is 3.72. The predicted molar refractivity (Wildman–Crippen MR) is 97.2 cm³/mol. The minimum Gasteiger partial charge on any atom is -0.465 e. The van der Waals surface area contributed by atoms with Crippen molar-refractivity contribution in [3.63, 3.8) is 0 Å². The van der Waals surface area contributed by atoms with Crippen molar-refractivity contribution < 1.29 is 14.3 Å². The van der Waals surface area contributed by atoms with Crippen LogP contribution in [0.25, 0.3) is 11.1 Å². The van der Waals surface area contributed by atoms with Crippen molar-refractivity contribution in [2.45, 2.75) is 46.1 Å². The quantitative estimate of drug-likeness (QED) is 0.792. The van der Waals surface area contributed by atoms with E-state index in [0.29, 0.717) is 12.0 Å². The number of benzene rings is 2. The number of carboxylic acid groups (broad SMARTS) is 1. The molecule has 0 saturated carbocycles. The van der Waals surface area contributed by atoms with Crippen LogP contribution in [0, 0.1) is 11.2 Å². The highest BCUT2D eigenvalue weighted by molar-refractivity contribution is 5.68. The first-order valence-electron chi connectivity index (χ1n) is 8.73. The zero-order valence-electron chi connectivity index (χ0n) is 14.9. The SMILES string of the molecule is CCc1ccc(-c2ccc3c(c2)CCC(C)(C)[C@H]3NC(=O)O)cc1F. The Morgan fingerprint density at radius 1 is 1.24 bits per heavy atom. The van der Waals surface area contributed by atoms with Gasteiger partial charge in [0.05, 0.1) is 6.04 Å². The summed E-state index contributed by atoms with van der Waals surface area (Å²) in [4.78, 5) is 11.2. The summed E-state index contributed by atoms with van der Waals surface area (Å²) < 4.78 is 14.1. The lowest BCUT2D eigenvalue weighted by Gasteiger charge is -2.40. The maximum Gasteiger partial charge on any atom is 0.405 e. The average Bonchev–Trinajstić information content (AvgIpc) is 2.57. The molecule has 0 aliphatic heterocycles. The number of amides is 1. The molecule has 3 rings (SSSR count). The summed E-state index contributed by atoms with van der Waals surface area (Å²) in [6.07, 6.45) is 1.46. The van der Waals surface area contributed by atoms with Crippen LogP contribution in [0.2, 0.25) is 0 Å². The maximum absolute atomic E-state index is 14.1. The summed E-state index contributed by atoms with van der Waals surface area (Å²) in [6, 6.07) is 11.1. The summed E-state index contributed by atoms with van der Waals surface area (Å²) in [5.41, 5.74) is 4.55. The second-order valence-corrected chi connectivity index (χ2v) is 7.44. The molecule has 0 spiro atoms.